The van der Waals surface area contributed by atoms with E-state index in [2.05, 4.69) is 10.4 Å². The average Bonchev–Trinajstić information content (AvgIpc) is 2.86. The van der Waals surface area contributed by atoms with Gasteiger partial charge in [-0.25, -0.2) is 9.18 Å². The van der Waals surface area contributed by atoms with E-state index in [1.165, 1.54) is 37.0 Å². The van der Waals surface area contributed by atoms with Crippen molar-refractivity contribution in [3.63, 3.8) is 0 Å². The molecule has 0 aliphatic heterocycles. The van der Waals surface area contributed by atoms with Crippen molar-refractivity contribution in [1.29, 1.82) is 0 Å². The predicted molar refractivity (Wildman–Crippen MR) is 78.3 cm³/mol. The van der Waals surface area contributed by atoms with Crippen LogP contribution in [0.15, 0.2) is 30.6 Å². The van der Waals surface area contributed by atoms with Crippen molar-refractivity contribution < 1.29 is 19.1 Å². The monoisotopic (exact) mass is 305 g/mol. The second-order valence-electron chi connectivity index (χ2n) is 5.51. The van der Waals surface area contributed by atoms with Crippen LogP contribution in [0.3, 0.4) is 0 Å². The molecule has 1 aromatic carbocycles. The van der Waals surface area contributed by atoms with Crippen molar-refractivity contribution in [2.75, 3.05) is 5.32 Å². The van der Waals surface area contributed by atoms with Gasteiger partial charge in [-0.15, -0.1) is 0 Å². The van der Waals surface area contributed by atoms with Crippen molar-refractivity contribution in [3.8, 4) is 0 Å². The number of aryl methyl sites for hydroxylation is 1. The molecule has 22 heavy (non-hydrogen) atoms. The summed E-state index contributed by atoms with van der Waals surface area (Å²) in [4.78, 5) is 23.2. The van der Waals surface area contributed by atoms with E-state index in [-0.39, 0.29) is 5.56 Å². The summed E-state index contributed by atoms with van der Waals surface area (Å²) in [6.07, 6.45) is 2.76. The fourth-order valence-electron chi connectivity index (χ4n) is 1.86. The lowest BCUT2D eigenvalue weighted by molar-refractivity contribution is -0.146. The molecule has 1 amide bonds. The molecule has 2 rings (SSSR count). The van der Waals surface area contributed by atoms with Gasteiger partial charge in [0.15, 0.2) is 5.54 Å². The number of aromatic nitrogens is 2. The van der Waals surface area contributed by atoms with Crippen molar-refractivity contribution in [2.45, 2.75) is 26.3 Å². The Bertz CT molecular complexity index is 717. The number of benzene rings is 1. The number of amides is 1. The van der Waals surface area contributed by atoms with Gasteiger partial charge in [-0.1, -0.05) is 0 Å². The van der Waals surface area contributed by atoms with E-state index in [1.807, 2.05) is 0 Å². The number of carboxylic acids is 1. The first-order valence-corrected chi connectivity index (χ1v) is 6.57. The summed E-state index contributed by atoms with van der Waals surface area (Å²) in [5, 5.41) is 15.6. The summed E-state index contributed by atoms with van der Waals surface area (Å²) in [6.45, 7) is 4.67. The van der Waals surface area contributed by atoms with Crippen molar-refractivity contribution in [3.05, 3.63) is 47.5 Å². The highest BCUT2D eigenvalue weighted by molar-refractivity contribution is 6.04. The van der Waals surface area contributed by atoms with Crippen LogP contribution in [-0.2, 0) is 10.3 Å². The van der Waals surface area contributed by atoms with Gasteiger partial charge in [-0.3, -0.25) is 9.48 Å². The molecule has 1 heterocycles. The van der Waals surface area contributed by atoms with E-state index in [0.29, 0.717) is 11.3 Å². The third-order valence-electron chi connectivity index (χ3n) is 3.24. The summed E-state index contributed by atoms with van der Waals surface area (Å²) in [6, 6.07) is 4.02. The van der Waals surface area contributed by atoms with Gasteiger partial charge < -0.3 is 10.4 Å². The maximum absolute atomic E-state index is 13.3. The van der Waals surface area contributed by atoms with E-state index >= 15 is 0 Å². The number of anilines is 1. The van der Waals surface area contributed by atoms with E-state index in [9.17, 15) is 14.0 Å². The van der Waals surface area contributed by atoms with Gasteiger partial charge in [0.05, 0.1) is 11.9 Å². The van der Waals surface area contributed by atoms with Gasteiger partial charge in [0.2, 0.25) is 0 Å². The molecule has 6 nitrogen and oxygen atoms in total. The Morgan fingerprint density at radius 2 is 2.00 bits per heavy atom. The van der Waals surface area contributed by atoms with Crippen molar-refractivity contribution >= 4 is 17.6 Å². The summed E-state index contributed by atoms with van der Waals surface area (Å²) in [7, 11) is 0. The van der Waals surface area contributed by atoms with Crippen molar-refractivity contribution in [1.82, 2.24) is 9.78 Å². The molecule has 2 aromatic rings. The molecule has 0 fully saturated rings. The zero-order chi connectivity index (χ0) is 16.5. The number of nitrogens with zero attached hydrogens (tertiary/aromatic N) is 2. The van der Waals surface area contributed by atoms with Gasteiger partial charge >= 0.3 is 5.97 Å². The molecule has 0 aliphatic carbocycles. The third kappa shape index (κ3) is 3.13. The van der Waals surface area contributed by atoms with Gasteiger partial charge in [0.25, 0.3) is 5.91 Å². The highest BCUT2D eigenvalue weighted by Crippen LogP contribution is 2.18. The van der Waals surface area contributed by atoms with Gasteiger partial charge in [0, 0.05) is 11.8 Å². The van der Waals surface area contributed by atoms with Gasteiger partial charge in [-0.2, -0.15) is 5.10 Å². The van der Waals surface area contributed by atoms with Crippen LogP contribution in [0.2, 0.25) is 0 Å². The average molecular weight is 305 g/mol. The lowest BCUT2D eigenvalue weighted by Gasteiger charge is -2.19. The van der Waals surface area contributed by atoms with E-state index < -0.39 is 23.2 Å². The van der Waals surface area contributed by atoms with Crippen LogP contribution >= 0.6 is 0 Å². The molecule has 0 bridgehead atoms. The summed E-state index contributed by atoms with van der Waals surface area (Å²) < 4.78 is 14.6. The highest BCUT2D eigenvalue weighted by Gasteiger charge is 2.30. The lowest BCUT2D eigenvalue weighted by atomic mass is 10.1. The summed E-state index contributed by atoms with van der Waals surface area (Å²) in [5.74, 6) is -2.03. The number of halogens is 1. The Hall–Kier alpha value is -2.70. The zero-order valence-electron chi connectivity index (χ0n) is 12.4. The minimum absolute atomic E-state index is 0.183. The first-order chi connectivity index (χ1) is 10.2. The number of hydrogen-bond acceptors (Lipinski definition) is 3. The first-order valence-electron chi connectivity index (χ1n) is 6.57. The quantitative estimate of drug-likeness (QED) is 0.908. The molecule has 0 saturated heterocycles. The molecule has 2 N–H and O–H groups in total. The Labute approximate surface area is 126 Å². The Morgan fingerprint density at radius 1 is 1.32 bits per heavy atom. The third-order valence-corrected chi connectivity index (χ3v) is 3.24. The molecule has 0 spiro atoms. The van der Waals surface area contributed by atoms with Gasteiger partial charge in [-0.05, 0) is 44.5 Å². The molecule has 0 unspecified atom stereocenters. The SMILES string of the molecule is Cc1cc(F)cc(C(=O)Nc2cnn(C(C)(C)C(=O)O)c2)c1. The minimum atomic E-state index is -1.24. The fourth-order valence-corrected chi connectivity index (χ4v) is 1.86. The first kappa shape index (κ1) is 15.7. The molecule has 0 atom stereocenters. The number of carbonyl (C=O) groups excluding carboxylic acids is 1. The molecule has 116 valence electrons. The highest BCUT2D eigenvalue weighted by atomic mass is 19.1. The predicted octanol–water partition coefficient (Wildman–Crippen LogP) is 2.40. The molecule has 7 heteroatoms. The second kappa shape index (κ2) is 5.59. The zero-order valence-corrected chi connectivity index (χ0v) is 12.4. The number of aliphatic carboxylic acids is 1. The van der Waals surface area contributed by atoms with Crippen LogP contribution in [-0.4, -0.2) is 26.8 Å². The normalized spacial score (nSPS) is 11.3. The smallest absolute Gasteiger partial charge is 0.331 e. The minimum Gasteiger partial charge on any atom is -0.479 e. The number of carbonyl (C=O) groups is 2. The van der Waals surface area contributed by atoms with Crippen LogP contribution in [0.25, 0.3) is 0 Å². The van der Waals surface area contributed by atoms with E-state index in [1.54, 1.807) is 13.0 Å². The Kier molecular flexibility index (Phi) is 3.99. The number of carboxylic acid groups (broad SMARTS) is 1. The summed E-state index contributed by atoms with van der Waals surface area (Å²) in [5.41, 5.74) is -0.0878. The van der Waals surface area contributed by atoms with Crippen molar-refractivity contribution in [2.24, 2.45) is 0 Å². The van der Waals surface area contributed by atoms with Crippen LogP contribution < -0.4 is 5.32 Å². The van der Waals surface area contributed by atoms with Crippen LogP contribution in [0, 0.1) is 12.7 Å². The standard InChI is InChI=1S/C15H16FN3O3/c1-9-4-10(6-11(16)5-9)13(20)18-12-7-17-19(8-12)15(2,3)14(21)22/h4-8H,1-3H3,(H,18,20)(H,21,22). The maximum atomic E-state index is 13.3. The molecule has 1 aromatic heterocycles. The molecule has 0 aliphatic rings. The largest absolute Gasteiger partial charge is 0.479 e. The van der Waals surface area contributed by atoms with E-state index in [0.717, 1.165) is 6.07 Å². The number of nitrogens with one attached hydrogen (secondary N) is 1. The molecule has 0 radical (unpaired) electrons. The van der Waals surface area contributed by atoms with Crippen LogP contribution in [0.1, 0.15) is 29.8 Å². The maximum Gasteiger partial charge on any atom is 0.331 e. The second-order valence-corrected chi connectivity index (χ2v) is 5.51. The molecule has 0 saturated carbocycles. The topological polar surface area (TPSA) is 84.2 Å². The Balaban J connectivity index is 2.20. The summed E-state index contributed by atoms with van der Waals surface area (Å²) >= 11 is 0. The number of rotatable bonds is 4. The van der Waals surface area contributed by atoms with Crippen LogP contribution in [0.4, 0.5) is 10.1 Å². The fraction of sp³-hybridized carbons (Fsp3) is 0.267. The molecular weight excluding hydrogens is 289 g/mol. The van der Waals surface area contributed by atoms with Crippen LogP contribution in [0.5, 0.6) is 0 Å². The Morgan fingerprint density at radius 3 is 2.59 bits per heavy atom. The number of hydrogen-bond donors (Lipinski definition) is 2. The molecular formula is C15H16FN3O3. The van der Waals surface area contributed by atoms with E-state index in [4.69, 9.17) is 5.11 Å². The van der Waals surface area contributed by atoms with Gasteiger partial charge in [0.1, 0.15) is 5.82 Å². The lowest BCUT2D eigenvalue weighted by Crippen LogP contribution is -2.35.